The zero-order valence-corrected chi connectivity index (χ0v) is 55.2. The van der Waals surface area contributed by atoms with Crippen molar-refractivity contribution < 1.29 is 0 Å². The zero-order valence-electron chi connectivity index (χ0n) is 55.2. The Morgan fingerprint density at radius 3 is 1.66 bits per heavy atom. The minimum Gasteiger partial charge on any atom is -0.331 e. The number of para-hydroxylation sites is 2. The third kappa shape index (κ3) is 9.15. The van der Waals surface area contributed by atoms with Crippen LogP contribution in [0.1, 0.15) is 73.4 Å². The molecule has 14 aromatic rings. The molecule has 0 saturated heterocycles. The maximum Gasteiger partial charge on any atom is 0.164 e. The van der Waals surface area contributed by atoms with E-state index in [-0.39, 0.29) is 23.8 Å². The highest BCUT2D eigenvalue weighted by molar-refractivity contribution is 6.21. The Morgan fingerprint density at radius 1 is 0.410 bits per heavy atom. The zero-order chi connectivity index (χ0) is 66.0. The lowest BCUT2D eigenvalue weighted by atomic mass is 9.77. The van der Waals surface area contributed by atoms with Gasteiger partial charge in [0.15, 0.2) is 5.66 Å². The highest BCUT2D eigenvalue weighted by Gasteiger charge is 2.53. The quantitative estimate of drug-likeness (QED) is 0.147. The molecule has 6 aliphatic rings. The number of benzene rings is 14. The van der Waals surface area contributed by atoms with Crippen molar-refractivity contribution in [2.45, 2.75) is 42.3 Å². The monoisotopic (exact) mass is 1280 g/mol. The predicted molar refractivity (Wildman–Crippen MR) is 416 cm³/mol. The third-order valence-corrected chi connectivity index (χ3v) is 22.0. The molecular weight excluding hydrogens is 1210 g/mol. The van der Waals surface area contributed by atoms with Crippen molar-refractivity contribution in [2.24, 2.45) is 0 Å². The van der Waals surface area contributed by atoms with Gasteiger partial charge in [-0.15, -0.1) is 0 Å². The second kappa shape index (κ2) is 23.1. The van der Waals surface area contributed by atoms with E-state index >= 15 is 0 Å². The lowest BCUT2D eigenvalue weighted by Gasteiger charge is -2.58. The lowest BCUT2D eigenvalue weighted by molar-refractivity contribution is 0.478. The summed E-state index contributed by atoms with van der Waals surface area (Å²) in [7, 11) is 0. The van der Waals surface area contributed by atoms with E-state index in [1.54, 1.807) is 0 Å². The lowest BCUT2D eigenvalue weighted by Crippen LogP contribution is -2.63. The van der Waals surface area contributed by atoms with Crippen molar-refractivity contribution in [1.29, 1.82) is 0 Å². The van der Waals surface area contributed by atoms with Crippen LogP contribution in [0.3, 0.4) is 0 Å². The molecule has 0 aromatic heterocycles. The summed E-state index contributed by atoms with van der Waals surface area (Å²) in [6.07, 6.45) is 15.9. The Kier molecular flexibility index (Phi) is 13.4. The van der Waals surface area contributed by atoms with Gasteiger partial charge in [0.1, 0.15) is 0 Å². The van der Waals surface area contributed by atoms with E-state index in [0.29, 0.717) is 0 Å². The third-order valence-electron chi connectivity index (χ3n) is 22.0. The first-order chi connectivity index (χ1) is 49.5. The molecule has 0 saturated carbocycles. The first-order valence-corrected chi connectivity index (χ1v) is 35.2. The van der Waals surface area contributed by atoms with Gasteiger partial charge in [-0.1, -0.05) is 237 Å². The van der Waals surface area contributed by atoms with Gasteiger partial charge in [-0.05, 0) is 212 Å². The Bertz CT molecular complexity index is 5780. The standard InChI is InChI=1S/C95H69N5/c1-2-3-26-71-62-95-72-33-17-31-68(53-72)92(65-27-10-5-11-28-65)69-32-20-45-82(56-69)100(95)91-60-83(99(95)81-44-19-29-66(55-81)87(71)51-63-23-8-4-9-24-63)57-70-46-47-84-89-61-90(85-48-49-86(91)93(70)94(84)85)98-79-42-21-40-77(58-79)96(73-34-12-6-13-35-73)75-38-16-25-64(50-75)52-88(89)67-30-18-39-76(54-67)97(74-36-14-7-15-37-74)78-41-22-43-80(98)59-78/h2-50,53-62,83,87-88,92H,1,51-52H2. The molecule has 0 N–H and O–H groups in total. The molecule has 5 heteroatoms. The van der Waals surface area contributed by atoms with Crippen LogP contribution in [-0.4, -0.2) is 6.04 Å². The SMILES string of the molecule is C=CC=CC1=CC23c4cccc(c4)C(c4ccccc4)c4cccc(c4)N2C2=CC(C=c4ccc5c6cc(c7ccc2c4c57)N2c4cccc(c4)N(c4ccccc4)c4cccc(c4)CC6c4cccc(c4)N(c4ccccc4)c4cccc2c4)N3c2cccc(c2)C1Cc1ccccc1. The molecule has 100 heavy (non-hydrogen) atoms. The fraction of sp³-hybridized carbons (Fsp3) is 0.0737. The molecule has 14 aromatic carbocycles. The van der Waals surface area contributed by atoms with Crippen molar-refractivity contribution in [3.63, 3.8) is 0 Å². The van der Waals surface area contributed by atoms with E-state index in [1.807, 2.05) is 6.08 Å². The molecule has 0 fully saturated rings. The van der Waals surface area contributed by atoms with Gasteiger partial charge >= 0.3 is 0 Å². The van der Waals surface area contributed by atoms with E-state index in [2.05, 4.69) is 383 Å². The van der Waals surface area contributed by atoms with Gasteiger partial charge in [0.2, 0.25) is 0 Å². The molecule has 1 spiro atoms. The van der Waals surface area contributed by atoms with Crippen molar-refractivity contribution in [3.05, 3.63) is 425 Å². The Morgan fingerprint density at radius 2 is 0.950 bits per heavy atom. The summed E-state index contributed by atoms with van der Waals surface area (Å²) >= 11 is 0. The second-order valence-electron chi connectivity index (χ2n) is 27.6. The second-order valence-corrected chi connectivity index (χ2v) is 27.6. The molecule has 5 atom stereocenters. The average molecular weight is 1280 g/mol. The summed E-state index contributed by atoms with van der Waals surface area (Å²) < 4.78 is 0. The number of rotatable bonds is 7. The van der Waals surface area contributed by atoms with Crippen molar-refractivity contribution >= 4 is 95.9 Å². The molecule has 1 aliphatic carbocycles. The number of fused-ring (bicyclic) bond motifs is 23. The van der Waals surface area contributed by atoms with Crippen LogP contribution in [0.25, 0.3) is 33.3 Å². The van der Waals surface area contributed by atoms with Gasteiger partial charge in [-0.3, -0.25) is 0 Å². The number of anilines is 11. The van der Waals surface area contributed by atoms with Gasteiger partial charge in [-0.25, -0.2) is 0 Å². The van der Waals surface area contributed by atoms with E-state index < -0.39 is 5.66 Å². The summed E-state index contributed by atoms with van der Waals surface area (Å²) in [5.74, 6) is -0.121. The largest absolute Gasteiger partial charge is 0.331 e. The van der Waals surface area contributed by atoms with Gasteiger partial charge in [0.05, 0.1) is 17.4 Å². The van der Waals surface area contributed by atoms with Crippen LogP contribution in [-0.2, 0) is 18.5 Å². The fourth-order valence-electron chi connectivity index (χ4n) is 17.9. The number of hydrogen-bond donors (Lipinski definition) is 0. The van der Waals surface area contributed by atoms with Gasteiger partial charge in [0, 0.05) is 91.1 Å². The van der Waals surface area contributed by atoms with Crippen LogP contribution in [0.2, 0.25) is 0 Å². The fourth-order valence-corrected chi connectivity index (χ4v) is 17.9. The summed E-state index contributed by atoms with van der Waals surface area (Å²) in [6.45, 7) is 4.31. The van der Waals surface area contributed by atoms with Gasteiger partial charge in [0.25, 0.3) is 0 Å². The maximum atomic E-state index is 4.31. The van der Waals surface area contributed by atoms with E-state index in [0.717, 1.165) is 75.4 Å². The maximum absolute atomic E-state index is 4.31. The molecule has 20 bridgehead atoms. The minimum atomic E-state index is -0.964. The van der Waals surface area contributed by atoms with Crippen LogP contribution in [0, 0.1) is 0 Å². The van der Waals surface area contributed by atoms with Gasteiger partial charge in [-0.2, -0.15) is 0 Å². The molecule has 5 nitrogen and oxygen atoms in total. The van der Waals surface area contributed by atoms with Crippen LogP contribution in [0.5, 0.6) is 0 Å². The summed E-state index contributed by atoms with van der Waals surface area (Å²) in [5.41, 5.74) is 26.0. The highest BCUT2D eigenvalue weighted by atomic mass is 15.4. The van der Waals surface area contributed by atoms with Crippen LogP contribution in [0.4, 0.5) is 62.6 Å². The van der Waals surface area contributed by atoms with Crippen molar-refractivity contribution in [3.8, 4) is 0 Å². The molecule has 5 heterocycles. The van der Waals surface area contributed by atoms with Crippen molar-refractivity contribution in [2.75, 3.05) is 24.5 Å². The van der Waals surface area contributed by atoms with Crippen LogP contribution >= 0.6 is 0 Å². The molecule has 474 valence electrons. The first kappa shape index (κ1) is 57.8. The normalized spacial score (nSPS) is 18.9. The van der Waals surface area contributed by atoms with E-state index in [9.17, 15) is 0 Å². The summed E-state index contributed by atoms with van der Waals surface area (Å²) in [6, 6.07) is 122. The summed E-state index contributed by atoms with van der Waals surface area (Å²) in [4.78, 5) is 12.9. The predicted octanol–water partition coefficient (Wildman–Crippen LogP) is 23.0. The summed E-state index contributed by atoms with van der Waals surface area (Å²) in [5, 5.41) is 6.13. The molecule has 20 rings (SSSR count). The molecule has 0 amide bonds. The number of allylic oxidation sites excluding steroid dienone is 4. The topological polar surface area (TPSA) is 16.2 Å². The van der Waals surface area contributed by atoms with E-state index in [1.165, 1.54) is 93.7 Å². The van der Waals surface area contributed by atoms with E-state index in [4.69, 9.17) is 0 Å². The van der Waals surface area contributed by atoms with Gasteiger partial charge < -0.3 is 24.5 Å². The smallest absolute Gasteiger partial charge is 0.164 e. The minimum absolute atomic E-state index is 0.00839. The molecule has 5 unspecified atom stereocenters. The van der Waals surface area contributed by atoms with Crippen LogP contribution < -0.4 is 29.7 Å². The molecule has 5 aliphatic heterocycles. The molecular formula is C95H69N5. The number of nitrogens with zero attached hydrogens (tertiary/aromatic N) is 5. The van der Waals surface area contributed by atoms with Crippen molar-refractivity contribution in [1.82, 2.24) is 0 Å². The number of hydrogen-bond acceptors (Lipinski definition) is 5. The first-order valence-electron chi connectivity index (χ1n) is 35.2. The average Bonchev–Trinajstić information content (AvgIpc) is 1.36. The van der Waals surface area contributed by atoms with Crippen LogP contribution in [0.15, 0.2) is 364 Å². The highest BCUT2D eigenvalue weighted by Crippen LogP contribution is 2.58. The Labute approximate surface area is 584 Å². The Hall–Kier alpha value is -12.4. The Balaban J connectivity index is 0.913. The molecule has 0 radical (unpaired) electrons.